The van der Waals surface area contributed by atoms with E-state index in [0.717, 1.165) is 12.1 Å². The number of carbonyl (C=O) groups excluding carboxylic acids is 1. The van der Waals surface area contributed by atoms with E-state index in [9.17, 15) is 18.0 Å². The Kier molecular flexibility index (Phi) is 5.74. The third-order valence-electron chi connectivity index (χ3n) is 1.66. The van der Waals surface area contributed by atoms with Gasteiger partial charge in [-0.25, -0.2) is 0 Å². The van der Waals surface area contributed by atoms with Gasteiger partial charge in [-0.1, -0.05) is 11.6 Å². The molecular formula is C9H8Cl2F3NO2. The van der Waals surface area contributed by atoms with E-state index in [1.54, 1.807) is 0 Å². The van der Waals surface area contributed by atoms with Crippen LogP contribution in [0.4, 0.5) is 13.2 Å². The minimum Gasteiger partial charge on any atom is -0.404 e. The molecule has 1 rings (SSSR count). The Bertz CT molecular complexity index is 410. The minimum atomic E-state index is -4.82. The first-order chi connectivity index (χ1) is 7.33. The number of halogens is 5. The molecule has 0 fully saturated rings. The van der Waals surface area contributed by atoms with E-state index in [4.69, 9.17) is 17.3 Å². The second kappa shape index (κ2) is 6.09. The summed E-state index contributed by atoms with van der Waals surface area (Å²) in [5.41, 5.74) is 5.23. The summed E-state index contributed by atoms with van der Waals surface area (Å²) in [6, 6.07) is 3.22. The zero-order valence-corrected chi connectivity index (χ0v) is 9.83. The monoisotopic (exact) mass is 289 g/mol. The highest BCUT2D eigenvalue weighted by Gasteiger charge is 2.32. The topological polar surface area (TPSA) is 52.3 Å². The molecule has 2 N–H and O–H groups in total. The van der Waals surface area contributed by atoms with Gasteiger partial charge in [0.15, 0.2) is 5.78 Å². The predicted octanol–water partition coefficient (Wildman–Crippen LogP) is 2.80. The number of rotatable bonds is 3. The van der Waals surface area contributed by atoms with E-state index < -0.39 is 17.9 Å². The van der Waals surface area contributed by atoms with Crippen molar-refractivity contribution in [1.82, 2.24) is 0 Å². The van der Waals surface area contributed by atoms with E-state index in [-0.39, 0.29) is 29.5 Å². The summed E-state index contributed by atoms with van der Waals surface area (Å²) in [4.78, 5) is 11.1. The number of Topliss-reactive ketones (excluding diaryl/α,β-unsaturated/α-hetero) is 1. The molecule has 0 aliphatic rings. The van der Waals surface area contributed by atoms with Crippen LogP contribution in [0.2, 0.25) is 5.02 Å². The van der Waals surface area contributed by atoms with E-state index in [1.165, 1.54) is 6.07 Å². The Morgan fingerprint density at radius 1 is 1.41 bits per heavy atom. The SMILES string of the molecule is Cl.NCC(=O)c1ccc(OC(F)(F)F)c(Cl)c1. The van der Waals surface area contributed by atoms with Gasteiger partial charge in [0.25, 0.3) is 0 Å². The fraction of sp³-hybridized carbons (Fsp3) is 0.222. The number of ether oxygens (including phenoxy) is 1. The van der Waals surface area contributed by atoms with Crippen molar-refractivity contribution in [3.05, 3.63) is 28.8 Å². The van der Waals surface area contributed by atoms with Gasteiger partial charge in [-0.2, -0.15) is 0 Å². The van der Waals surface area contributed by atoms with Crippen molar-refractivity contribution in [1.29, 1.82) is 0 Å². The van der Waals surface area contributed by atoms with E-state index >= 15 is 0 Å². The van der Waals surface area contributed by atoms with Crippen molar-refractivity contribution in [2.75, 3.05) is 6.54 Å². The van der Waals surface area contributed by atoms with Gasteiger partial charge in [-0.15, -0.1) is 25.6 Å². The van der Waals surface area contributed by atoms with Gasteiger partial charge in [0.1, 0.15) is 5.75 Å². The van der Waals surface area contributed by atoms with Crippen LogP contribution >= 0.6 is 24.0 Å². The summed E-state index contributed by atoms with van der Waals surface area (Å²) in [7, 11) is 0. The van der Waals surface area contributed by atoms with Crippen molar-refractivity contribution < 1.29 is 22.7 Å². The average Bonchev–Trinajstić information content (AvgIpc) is 2.18. The third kappa shape index (κ3) is 4.80. The lowest BCUT2D eigenvalue weighted by Gasteiger charge is -2.10. The van der Waals surface area contributed by atoms with Crippen LogP contribution in [0.3, 0.4) is 0 Å². The van der Waals surface area contributed by atoms with Crippen LogP contribution in [0.25, 0.3) is 0 Å². The maximum atomic E-state index is 11.9. The molecule has 0 amide bonds. The fourth-order valence-electron chi connectivity index (χ4n) is 1.000. The first-order valence-corrected chi connectivity index (χ1v) is 4.50. The summed E-state index contributed by atoms with van der Waals surface area (Å²) in [6.45, 7) is -0.240. The van der Waals surface area contributed by atoms with Crippen molar-refractivity contribution in [2.24, 2.45) is 5.73 Å². The molecule has 0 radical (unpaired) electrons. The highest BCUT2D eigenvalue weighted by atomic mass is 35.5. The van der Waals surface area contributed by atoms with Gasteiger partial charge < -0.3 is 10.5 Å². The van der Waals surface area contributed by atoms with Gasteiger partial charge in [-0.3, -0.25) is 4.79 Å². The van der Waals surface area contributed by atoms with Gasteiger partial charge in [0.2, 0.25) is 0 Å². The first kappa shape index (κ1) is 16.0. The maximum Gasteiger partial charge on any atom is 0.573 e. The molecule has 0 spiro atoms. The van der Waals surface area contributed by atoms with E-state index in [2.05, 4.69) is 4.74 Å². The molecule has 0 aliphatic heterocycles. The molecule has 0 heterocycles. The number of carbonyl (C=O) groups is 1. The summed E-state index contributed by atoms with van der Waals surface area (Å²) in [5, 5.41) is -0.295. The van der Waals surface area contributed by atoms with Gasteiger partial charge >= 0.3 is 6.36 Å². The summed E-state index contributed by atoms with van der Waals surface area (Å²) < 4.78 is 39.3. The quantitative estimate of drug-likeness (QED) is 0.871. The number of ketones is 1. The second-order valence-corrected chi connectivity index (χ2v) is 3.23. The van der Waals surface area contributed by atoms with Crippen LogP contribution in [0, 0.1) is 0 Å². The van der Waals surface area contributed by atoms with Crippen molar-refractivity contribution >= 4 is 29.8 Å². The lowest BCUT2D eigenvalue weighted by atomic mass is 10.1. The number of hydrogen-bond donors (Lipinski definition) is 1. The van der Waals surface area contributed by atoms with Crippen LogP contribution in [-0.4, -0.2) is 18.7 Å². The lowest BCUT2D eigenvalue weighted by Crippen LogP contribution is -2.18. The minimum absolute atomic E-state index is 0. The Balaban J connectivity index is 0.00000256. The zero-order chi connectivity index (χ0) is 12.3. The molecule has 0 atom stereocenters. The summed E-state index contributed by atoms with van der Waals surface area (Å²) >= 11 is 5.52. The number of nitrogens with two attached hydrogens (primary N) is 1. The molecule has 96 valence electrons. The van der Waals surface area contributed by atoms with E-state index in [1.807, 2.05) is 0 Å². The molecule has 0 aromatic heterocycles. The Labute approximate surface area is 106 Å². The van der Waals surface area contributed by atoms with Crippen LogP contribution < -0.4 is 10.5 Å². The molecule has 1 aromatic carbocycles. The Morgan fingerprint density at radius 2 is 2.00 bits per heavy atom. The zero-order valence-electron chi connectivity index (χ0n) is 8.25. The van der Waals surface area contributed by atoms with Gasteiger partial charge in [0.05, 0.1) is 11.6 Å². The molecule has 0 unspecified atom stereocenters. The van der Waals surface area contributed by atoms with Crippen LogP contribution in [0.15, 0.2) is 18.2 Å². The van der Waals surface area contributed by atoms with Crippen LogP contribution in [0.5, 0.6) is 5.75 Å². The Hall–Kier alpha value is -0.980. The molecular weight excluding hydrogens is 282 g/mol. The lowest BCUT2D eigenvalue weighted by molar-refractivity contribution is -0.274. The standard InChI is InChI=1S/C9H7ClF3NO2.ClH/c10-6-3-5(7(15)4-14)1-2-8(6)16-9(11,12)13;/h1-3H,4,14H2;1H. The average molecular weight is 290 g/mol. The van der Waals surface area contributed by atoms with Crippen molar-refractivity contribution in [2.45, 2.75) is 6.36 Å². The van der Waals surface area contributed by atoms with Crippen LogP contribution in [-0.2, 0) is 0 Å². The molecule has 0 bridgehead atoms. The molecule has 8 heteroatoms. The molecule has 0 saturated heterocycles. The highest BCUT2D eigenvalue weighted by Crippen LogP contribution is 2.30. The largest absolute Gasteiger partial charge is 0.573 e. The number of benzene rings is 1. The predicted molar refractivity (Wildman–Crippen MR) is 58.8 cm³/mol. The molecule has 3 nitrogen and oxygen atoms in total. The molecule has 1 aromatic rings. The van der Waals surface area contributed by atoms with E-state index in [0.29, 0.717) is 0 Å². The van der Waals surface area contributed by atoms with Crippen LogP contribution in [0.1, 0.15) is 10.4 Å². The Morgan fingerprint density at radius 3 is 2.41 bits per heavy atom. The first-order valence-electron chi connectivity index (χ1n) is 4.12. The third-order valence-corrected chi connectivity index (χ3v) is 1.96. The van der Waals surface area contributed by atoms with Crippen molar-refractivity contribution in [3.63, 3.8) is 0 Å². The second-order valence-electron chi connectivity index (χ2n) is 2.82. The smallest absolute Gasteiger partial charge is 0.404 e. The van der Waals surface area contributed by atoms with Crippen molar-refractivity contribution in [3.8, 4) is 5.75 Å². The molecule has 0 saturated carbocycles. The number of hydrogen-bond acceptors (Lipinski definition) is 3. The summed E-state index contributed by atoms with van der Waals surface area (Å²) in [6.07, 6.45) is -4.82. The normalized spacial score (nSPS) is 10.6. The highest BCUT2D eigenvalue weighted by molar-refractivity contribution is 6.32. The number of alkyl halides is 3. The fourth-order valence-corrected chi connectivity index (χ4v) is 1.22. The molecule has 0 aliphatic carbocycles. The molecule has 17 heavy (non-hydrogen) atoms. The van der Waals surface area contributed by atoms with Gasteiger partial charge in [-0.05, 0) is 18.2 Å². The van der Waals surface area contributed by atoms with Gasteiger partial charge in [0, 0.05) is 5.56 Å². The summed E-state index contributed by atoms with van der Waals surface area (Å²) in [5.74, 6) is -0.969. The maximum absolute atomic E-state index is 11.9.